The van der Waals surface area contributed by atoms with Gasteiger partial charge >= 0.3 is 0 Å². The first-order valence-corrected chi connectivity index (χ1v) is 5.62. The van der Waals surface area contributed by atoms with Gasteiger partial charge in [-0.05, 0) is 35.7 Å². The van der Waals surface area contributed by atoms with E-state index < -0.39 is 0 Å². The number of Topliss-reactive ketones (excluding diaryl/α,β-unsaturated/α-hetero) is 1. The Kier molecular flexibility index (Phi) is 1.93. The van der Waals surface area contributed by atoms with Crippen molar-refractivity contribution in [2.24, 2.45) is 16.7 Å². The third-order valence-electron chi connectivity index (χ3n) is 4.64. The Labute approximate surface area is 86.6 Å². The molecular formula is C13H20O. The van der Waals surface area contributed by atoms with Crippen LogP contribution in [0, 0.1) is 16.7 Å². The molecule has 0 spiro atoms. The minimum absolute atomic E-state index is 0.202. The number of rotatable bonds is 2. The fourth-order valence-corrected chi connectivity index (χ4v) is 2.93. The molecule has 78 valence electrons. The van der Waals surface area contributed by atoms with Gasteiger partial charge in [0, 0.05) is 5.92 Å². The standard InChI is InChI=1S/C13H20O/c1-12(2)11(13(12,3)4)10(14)9-7-5-6-8-9/h7,11H,5-6,8H2,1-4H3. The molecule has 0 amide bonds. The van der Waals surface area contributed by atoms with Gasteiger partial charge in [-0.25, -0.2) is 0 Å². The minimum atomic E-state index is 0.202. The first-order valence-electron chi connectivity index (χ1n) is 5.62. The van der Waals surface area contributed by atoms with Gasteiger partial charge in [-0.2, -0.15) is 0 Å². The second-order valence-electron chi connectivity index (χ2n) is 5.86. The first kappa shape index (κ1) is 9.95. The Morgan fingerprint density at radius 3 is 2.21 bits per heavy atom. The predicted molar refractivity (Wildman–Crippen MR) is 58.0 cm³/mol. The Morgan fingerprint density at radius 2 is 1.86 bits per heavy atom. The Bertz CT molecular complexity index is 293. The van der Waals surface area contributed by atoms with Gasteiger partial charge in [0.2, 0.25) is 0 Å². The second kappa shape index (κ2) is 2.71. The van der Waals surface area contributed by atoms with E-state index in [9.17, 15) is 4.79 Å². The topological polar surface area (TPSA) is 17.1 Å². The average Bonchev–Trinajstić information content (AvgIpc) is 2.53. The van der Waals surface area contributed by atoms with Crippen LogP contribution in [0.5, 0.6) is 0 Å². The zero-order valence-corrected chi connectivity index (χ0v) is 9.68. The molecule has 0 aromatic carbocycles. The van der Waals surface area contributed by atoms with Crippen LogP contribution in [0.4, 0.5) is 0 Å². The normalized spacial score (nSPS) is 28.7. The highest BCUT2D eigenvalue weighted by Crippen LogP contribution is 2.69. The predicted octanol–water partition coefficient (Wildman–Crippen LogP) is 3.35. The van der Waals surface area contributed by atoms with E-state index in [0.717, 1.165) is 18.4 Å². The molecule has 1 saturated carbocycles. The van der Waals surface area contributed by atoms with Gasteiger partial charge in [-0.1, -0.05) is 33.8 Å². The molecule has 2 aliphatic rings. The smallest absolute Gasteiger partial charge is 0.162 e. The number of carbonyl (C=O) groups excluding carboxylic acids is 1. The van der Waals surface area contributed by atoms with Crippen molar-refractivity contribution in [1.82, 2.24) is 0 Å². The summed E-state index contributed by atoms with van der Waals surface area (Å²) in [5.41, 5.74) is 1.51. The van der Waals surface area contributed by atoms with Crippen LogP contribution in [0.15, 0.2) is 11.6 Å². The Morgan fingerprint density at radius 1 is 1.29 bits per heavy atom. The lowest BCUT2D eigenvalue weighted by Gasteiger charge is -2.03. The molecule has 14 heavy (non-hydrogen) atoms. The lowest BCUT2D eigenvalue weighted by Crippen LogP contribution is -2.08. The zero-order valence-electron chi connectivity index (χ0n) is 9.68. The van der Waals surface area contributed by atoms with Crippen LogP contribution >= 0.6 is 0 Å². The second-order valence-corrected chi connectivity index (χ2v) is 5.86. The van der Waals surface area contributed by atoms with Crippen LogP contribution in [0.3, 0.4) is 0 Å². The third-order valence-corrected chi connectivity index (χ3v) is 4.64. The number of ketones is 1. The SMILES string of the molecule is CC1(C)C(C(=O)C2=CCCC2)C1(C)C. The quantitative estimate of drug-likeness (QED) is 0.655. The van der Waals surface area contributed by atoms with Crippen molar-refractivity contribution in [1.29, 1.82) is 0 Å². The monoisotopic (exact) mass is 192 g/mol. The molecule has 0 bridgehead atoms. The molecule has 0 atom stereocenters. The maximum Gasteiger partial charge on any atom is 0.162 e. The van der Waals surface area contributed by atoms with Crippen LogP contribution in [-0.2, 0) is 4.79 Å². The largest absolute Gasteiger partial charge is 0.294 e. The van der Waals surface area contributed by atoms with Crippen LogP contribution in [0.2, 0.25) is 0 Å². The fraction of sp³-hybridized carbons (Fsp3) is 0.769. The number of carbonyl (C=O) groups is 1. The molecule has 1 heteroatoms. The molecule has 0 unspecified atom stereocenters. The molecule has 0 radical (unpaired) electrons. The van der Waals surface area contributed by atoms with Gasteiger partial charge in [0.1, 0.15) is 0 Å². The minimum Gasteiger partial charge on any atom is -0.294 e. The van der Waals surface area contributed by atoms with Crippen molar-refractivity contribution in [3.8, 4) is 0 Å². The van der Waals surface area contributed by atoms with Gasteiger partial charge in [0.25, 0.3) is 0 Å². The summed E-state index contributed by atoms with van der Waals surface area (Å²) in [7, 11) is 0. The summed E-state index contributed by atoms with van der Waals surface area (Å²) in [6.45, 7) is 8.85. The van der Waals surface area contributed by atoms with E-state index in [1.807, 2.05) is 0 Å². The summed E-state index contributed by atoms with van der Waals surface area (Å²) in [4.78, 5) is 12.2. The molecule has 0 aromatic heterocycles. The van der Waals surface area contributed by atoms with E-state index in [1.54, 1.807) is 0 Å². The van der Waals surface area contributed by atoms with Crippen molar-refractivity contribution in [2.75, 3.05) is 0 Å². The number of hydrogen-bond donors (Lipinski definition) is 0. The summed E-state index contributed by atoms with van der Waals surface area (Å²) < 4.78 is 0. The highest BCUT2D eigenvalue weighted by Gasteiger charge is 2.67. The lowest BCUT2D eigenvalue weighted by molar-refractivity contribution is -0.117. The van der Waals surface area contributed by atoms with Crippen molar-refractivity contribution in [3.63, 3.8) is 0 Å². The fourth-order valence-electron chi connectivity index (χ4n) is 2.93. The van der Waals surface area contributed by atoms with E-state index in [-0.39, 0.29) is 16.7 Å². The Balaban J connectivity index is 2.16. The van der Waals surface area contributed by atoms with Gasteiger partial charge in [0.05, 0.1) is 0 Å². The molecule has 0 aliphatic heterocycles. The maximum atomic E-state index is 12.2. The first-order chi connectivity index (χ1) is 6.39. The van der Waals surface area contributed by atoms with Crippen LogP contribution in [0.1, 0.15) is 47.0 Å². The van der Waals surface area contributed by atoms with Gasteiger partial charge in [-0.3, -0.25) is 4.79 Å². The van der Waals surface area contributed by atoms with Crippen molar-refractivity contribution < 1.29 is 4.79 Å². The zero-order chi connectivity index (χ0) is 10.6. The average molecular weight is 192 g/mol. The summed E-state index contributed by atoms with van der Waals surface area (Å²) >= 11 is 0. The van der Waals surface area contributed by atoms with E-state index in [4.69, 9.17) is 0 Å². The molecule has 2 rings (SSSR count). The van der Waals surface area contributed by atoms with E-state index in [2.05, 4.69) is 33.8 Å². The maximum absolute atomic E-state index is 12.2. The van der Waals surface area contributed by atoms with Crippen molar-refractivity contribution in [2.45, 2.75) is 47.0 Å². The van der Waals surface area contributed by atoms with Crippen LogP contribution < -0.4 is 0 Å². The highest BCUT2D eigenvalue weighted by molar-refractivity contribution is 6.00. The molecule has 1 nitrogen and oxygen atoms in total. The van der Waals surface area contributed by atoms with Crippen LogP contribution in [0.25, 0.3) is 0 Å². The molecule has 2 aliphatic carbocycles. The number of hydrogen-bond acceptors (Lipinski definition) is 1. The molecule has 1 fully saturated rings. The van der Waals surface area contributed by atoms with E-state index in [1.165, 1.54) is 6.42 Å². The number of allylic oxidation sites excluding steroid dienone is 2. The van der Waals surface area contributed by atoms with Crippen LogP contribution in [-0.4, -0.2) is 5.78 Å². The summed E-state index contributed by atoms with van der Waals surface area (Å²) in [6, 6.07) is 0. The molecule has 0 N–H and O–H groups in total. The van der Waals surface area contributed by atoms with E-state index in [0.29, 0.717) is 5.78 Å². The summed E-state index contributed by atoms with van der Waals surface area (Å²) in [5.74, 6) is 0.692. The third kappa shape index (κ3) is 1.11. The van der Waals surface area contributed by atoms with E-state index >= 15 is 0 Å². The lowest BCUT2D eigenvalue weighted by atomic mass is 10.0. The van der Waals surface area contributed by atoms with Gasteiger partial charge in [-0.15, -0.1) is 0 Å². The molecule has 0 aromatic rings. The molecular weight excluding hydrogens is 172 g/mol. The van der Waals surface area contributed by atoms with Gasteiger partial charge < -0.3 is 0 Å². The molecule has 0 saturated heterocycles. The Hall–Kier alpha value is -0.590. The summed E-state index contributed by atoms with van der Waals surface area (Å²) in [6.07, 6.45) is 5.44. The molecule has 0 heterocycles. The van der Waals surface area contributed by atoms with Gasteiger partial charge in [0.15, 0.2) is 5.78 Å². The highest BCUT2D eigenvalue weighted by atomic mass is 16.1. The van der Waals surface area contributed by atoms with Crippen molar-refractivity contribution >= 4 is 5.78 Å². The van der Waals surface area contributed by atoms with Crippen molar-refractivity contribution in [3.05, 3.63) is 11.6 Å². The summed E-state index contributed by atoms with van der Waals surface area (Å²) in [5, 5.41) is 0.